The molecule has 63 valence electrons. The number of benzene rings is 1. The fourth-order valence-corrected chi connectivity index (χ4v) is 1.73. The van der Waals surface area contributed by atoms with Crippen molar-refractivity contribution in [3.05, 3.63) is 47.6 Å². The first-order valence-electron chi connectivity index (χ1n) is 3.64. The molecule has 1 aromatic carbocycles. The Balaban J connectivity index is 0.000000845. The van der Waals surface area contributed by atoms with Gasteiger partial charge in [0.2, 0.25) is 0 Å². The number of hydrogen-bond acceptors (Lipinski definition) is 1. The Morgan fingerprint density at radius 1 is 1.15 bits per heavy atom. The van der Waals surface area contributed by atoms with Crippen molar-refractivity contribution in [2.24, 2.45) is 0 Å². The Hall–Kier alpha value is 0.0839. The summed E-state index contributed by atoms with van der Waals surface area (Å²) in [6, 6.07) is 8.01. The van der Waals surface area contributed by atoms with E-state index in [0.717, 1.165) is 20.9 Å². The van der Waals surface area contributed by atoms with Crippen LogP contribution in [0.5, 0.6) is 0 Å². The van der Waals surface area contributed by atoms with Gasteiger partial charge in [-0.3, -0.25) is 4.98 Å². The van der Waals surface area contributed by atoms with E-state index in [9.17, 15) is 0 Å². The minimum Gasteiger partial charge on any atom is -0.295 e. The summed E-state index contributed by atoms with van der Waals surface area (Å²) in [5, 5.41) is 2.27. The van der Waals surface area contributed by atoms with Gasteiger partial charge in [0.05, 0.1) is 0 Å². The minimum atomic E-state index is 0. The third kappa shape index (κ3) is 2.12. The molecule has 2 aromatic rings. The first-order chi connectivity index (χ1) is 5.79. The van der Waals surface area contributed by atoms with E-state index < -0.39 is 0 Å². The van der Waals surface area contributed by atoms with Gasteiger partial charge in [0, 0.05) is 43.4 Å². The van der Waals surface area contributed by atoms with E-state index in [1.165, 1.54) is 0 Å². The van der Waals surface area contributed by atoms with Gasteiger partial charge in [-0.05, 0) is 0 Å². The molecule has 0 saturated carbocycles. The van der Waals surface area contributed by atoms with Crippen LogP contribution in [0, 0.1) is 6.92 Å². The Morgan fingerprint density at radius 3 is 2.62 bits per heavy atom. The van der Waals surface area contributed by atoms with Crippen LogP contribution in [0.3, 0.4) is 0 Å². The van der Waals surface area contributed by atoms with Crippen LogP contribution in [0.1, 0.15) is 5.69 Å². The molecule has 0 bridgehead atoms. The number of fused-ring (bicyclic) bond motifs is 1. The molecular formula is C10H7BrNY-. The fraction of sp³-hybridized carbons (Fsp3) is 0. The van der Waals surface area contributed by atoms with E-state index >= 15 is 0 Å². The fourth-order valence-electron chi connectivity index (χ4n) is 1.23. The van der Waals surface area contributed by atoms with Gasteiger partial charge in [0.25, 0.3) is 0 Å². The van der Waals surface area contributed by atoms with E-state index in [1.807, 2.05) is 24.3 Å². The Labute approximate surface area is 111 Å². The van der Waals surface area contributed by atoms with E-state index in [-0.39, 0.29) is 32.7 Å². The molecule has 0 aliphatic rings. The third-order valence-electron chi connectivity index (χ3n) is 1.84. The van der Waals surface area contributed by atoms with Gasteiger partial charge in [-0.15, -0.1) is 11.5 Å². The first-order valence-corrected chi connectivity index (χ1v) is 4.43. The molecule has 0 aliphatic heterocycles. The van der Waals surface area contributed by atoms with Gasteiger partial charge in [-0.2, -0.15) is 0 Å². The molecule has 0 N–H and O–H groups in total. The zero-order chi connectivity index (χ0) is 8.55. The number of aromatic nitrogens is 1. The average molecular weight is 310 g/mol. The van der Waals surface area contributed by atoms with E-state index in [4.69, 9.17) is 0 Å². The first kappa shape index (κ1) is 11.2. The summed E-state index contributed by atoms with van der Waals surface area (Å²) in [5.41, 5.74) is 0.828. The largest absolute Gasteiger partial charge is 0.295 e. The summed E-state index contributed by atoms with van der Waals surface area (Å²) in [6.45, 7) is 3.86. The van der Waals surface area contributed by atoms with Crippen molar-refractivity contribution < 1.29 is 32.7 Å². The number of rotatable bonds is 0. The van der Waals surface area contributed by atoms with Crippen LogP contribution in [-0.2, 0) is 32.7 Å². The van der Waals surface area contributed by atoms with Crippen LogP contribution in [0.15, 0.2) is 34.9 Å². The summed E-state index contributed by atoms with van der Waals surface area (Å²) >= 11 is 3.48. The molecule has 0 fully saturated rings. The smallest absolute Gasteiger partial charge is 0.0229 e. The van der Waals surface area contributed by atoms with Crippen molar-refractivity contribution >= 4 is 26.7 Å². The molecule has 0 amide bonds. The monoisotopic (exact) mass is 309 g/mol. The predicted molar refractivity (Wildman–Crippen MR) is 53.9 cm³/mol. The van der Waals surface area contributed by atoms with Crippen LogP contribution in [0.25, 0.3) is 10.8 Å². The van der Waals surface area contributed by atoms with Crippen LogP contribution < -0.4 is 0 Å². The third-order valence-corrected chi connectivity index (χ3v) is 2.53. The predicted octanol–water partition coefficient (Wildman–Crippen LogP) is 3.18. The second kappa shape index (κ2) is 4.54. The maximum Gasteiger partial charge on any atom is 0.0229 e. The quantitative estimate of drug-likeness (QED) is 0.681. The maximum atomic E-state index is 4.12. The van der Waals surface area contributed by atoms with Crippen molar-refractivity contribution in [2.45, 2.75) is 0 Å². The van der Waals surface area contributed by atoms with Crippen molar-refractivity contribution in [3.63, 3.8) is 0 Å². The summed E-state index contributed by atoms with van der Waals surface area (Å²) < 4.78 is 1.09. The minimum absolute atomic E-state index is 0. The molecule has 1 heterocycles. The molecule has 13 heavy (non-hydrogen) atoms. The van der Waals surface area contributed by atoms with Gasteiger partial charge in [-0.1, -0.05) is 45.2 Å². The second-order valence-electron chi connectivity index (χ2n) is 2.59. The molecule has 1 aromatic heterocycles. The van der Waals surface area contributed by atoms with Crippen LogP contribution in [0.2, 0.25) is 0 Å². The number of nitrogens with zero attached hydrogens (tertiary/aromatic N) is 1. The van der Waals surface area contributed by atoms with Crippen molar-refractivity contribution in [2.75, 3.05) is 0 Å². The molecule has 0 saturated heterocycles. The molecule has 0 atom stereocenters. The van der Waals surface area contributed by atoms with Gasteiger partial charge in [0.1, 0.15) is 0 Å². The molecule has 1 radical (unpaired) electrons. The normalized spacial score (nSPS) is 9.62. The van der Waals surface area contributed by atoms with Crippen molar-refractivity contribution in [3.8, 4) is 0 Å². The summed E-state index contributed by atoms with van der Waals surface area (Å²) in [4.78, 5) is 4.12. The molecule has 2 rings (SSSR count). The number of halogens is 1. The number of pyridine rings is 1. The van der Waals surface area contributed by atoms with Crippen LogP contribution >= 0.6 is 15.9 Å². The summed E-state index contributed by atoms with van der Waals surface area (Å²) in [6.07, 6.45) is 1.77. The second-order valence-corrected chi connectivity index (χ2v) is 3.45. The Bertz CT molecular complexity index is 387. The number of hydrogen-bond donors (Lipinski definition) is 0. The van der Waals surface area contributed by atoms with Crippen LogP contribution in [-0.4, -0.2) is 4.98 Å². The zero-order valence-electron chi connectivity index (χ0n) is 7.00. The Kier molecular flexibility index (Phi) is 3.90. The van der Waals surface area contributed by atoms with Gasteiger partial charge in [-0.25, -0.2) is 6.92 Å². The van der Waals surface area contributed by atoms with E-state index in [2.05, 4.69) is 27.8 Å². The van der Waals surface area contributed by atoms with Crippen LogP contribution in [0.4, 0.5) is 0 Å². The molecule has 3 heteroatoms. The molecule has 0 spiro atoms. The molecule has 0 aliphatic carbocycles. The summed E-state index contributed by atoms with van der Waals surface area (Å²) in [5.74, 6) is 0. The van der Waals surface area contributed by atoms with Gasteiger partial charge in [0.15, 0.2) is 0 Å². The zero-order valence-corrected chi connectivity index (χ0v) is 11.4. The van der Waals surface area contributed by atoms with E-state index in [0.29, 0.717) is 0 Å². The van der Waals surface area contributed by atoms with Gasteiger partial charge < -0.3 is 0 Å². The SMILES string of the molecule is [CH2-]c1nccc2c(Br)cccc12.[Y]. The molecule has 0 unspecified atom stereocenters. The average Bonchev–Trinajstić information content (AvgIpc) is 2.07. The van der Waals surface area contributed by atoms with E-state index in [1.54, 1.807) is 6.20 Å². The standard InChI is InChI=1S/C10H7BrN.Y/c1-7-8-3-2-4-10(11)9(8)5-6-12-7;/h2-6H,1H2;/q-1;. The molecular weight excluding hydrogens is 303 g/mol. The summed E-state index contributed by atoms with van der Waals surface area (Å²) in [7, 11) is 0. The van der Waals surface area contributed by atoms with Crippen molar-refractivity contribution in [1.29, 1.82) is 0 Å². The topological polar surface area (TPSA) is 12.9 Å². The van der Waals surface area contributed by atoms with Gasteiger partial charge >= 0.3 is 0 Å². The Morgan fingerprint density at radius 2 is 1.92 bits per heavy atom. The molecule has 1 nitrogen and oxygen atoms in total. The van der Waals surface area contributed by atoms with Crippen molar-refractivity contribution in [1.82, 2.24) is 4.98 Å². The maximum absolute atomic E-state index is 4.12.